The minimum absolute atomic E-state index is 0.198. The molecule has 0 aliphatic rings. The lowest BCUT2D eigenvalue weighted by Gasteiger charge is -2.14. The number of rotatable bonds is 16. The smallest absolute Gasteiger partial charge is 0.303 e. The number of allylic oxidation sites excluding steroid dienone is 6. The molecule has 0 aliphatic carbocycles. The second-order valence-corrected chi connectivity index (χ2v) is 5.99. The Morgan fingerprint density at radius 3 is 2.24 bits per heavy atom. The fourth-order valence-corrected chi connectivity index (χ4v) is 2.22. The maximum Gasteiger partial charge on any atom is 0.303 e. The molecule has 0 radical (unpaired) electrons. The number of hydrogen-bond donors (Lipinski definition) is 1. The van der Waals surface area contributed by atoms with Crippen LogP contribution in [0, 0.1) is 0 Å². The third kappa shape index (κ3) is 18.8. The Balaban J connectivity index is 3.36. The van der Waals surface area contributed by atoms with E-state index in [-0.39, 0.29) is 19.2 Å². The van der Waals surface area contributed by atoms with Gasteiger partial charge in [-0.25, -0.2) is 0 Å². The van der Waals surface area contributed by atoms with Gasteiger partial charge in [0.15, 0.2) is 0 Å². The highest BCUT2D eigenvalue weighted by atomic mass is 16.6. The van der Waals surface area contributed by atoms with Crippen molar-refractivity contribution in [2.75, 3.05) is 19.8 Å². The molecule has 4 heteroatoms. The van der Waals surface area contributed by atoms with Crippen LogP contribution in [0.3, 0.4) is 0 Å². The Hall–Kier alpha value is -1.39. The van der Waals surface area contributed by atoms with E-state index in [2.05, 4.69) is 43.4 Å². The first kappa shape index (κ1) is 23.6. The van der Waals surface area contributed by atoms with Gasteiger partial charge in [-0.05, 0) is 38.5 Å². The number of ether oxygens (including phenoxy) is 2. The molecule has 0 saturated heterocycles. The second kappa shape index (κ2) is 18.9. The first-order valence-electron chi connectivity index (χ1n) is 9.51. The van der Waals surface area contributed by atoms with Crippen molar-refractivity contribution in [1.82, 2.24) is 0 Å². The Labute approximate surface area is 153 Å². The van der Waals surface area contributed by atoms with Crippen LogP contribution in [0.2, 0.25) is 0 Å². The number of hydrogen-bond acceptors (Lipinski definition) is 4. The fourth-order valence-electron chi connectivity index (χ4n) is 2.22. The molecular formula is C21H36O4. The van der Waals surface area contributed by atoms with Crippen LogP contribution in [-0.4, -0.2) is 37.0 Å². The minimum atomic E-state index is -0.542. The van der Waals surface area contributed by atoms with Crippen molar-refractivity contribution in [2.45, 2.75) is 71.3 Å². The molecule has 144 valence electrons. The highest BCUT2D eigenvalue weighted by Crippen LogP contribution is 2.05. The largest absolute Gasteiger partial charge is 0.458 e. The van der Waals surface area contributed by atoms with E-state index in [0.29, 0.717) is 6.61 Å². The third-order valence-corrected chi connectivity index (χ3v) is 3.53. The zero-order valence-electron chi connectivity index (χ0n) is 16.0. The quantitative estimate of drug-likeness (QED) is 0.248. The molecule has 0 fully saturated rings. The van der Waals surface area contributed by atoms with Crippen LogP contribution >= 0.6 is 0 Å². The fraction of sp³-hybridized carbons (Fsp3) is 0.667. The van der Waals surface area contributed by atoms with E-state index in [1.54, 1.807) is 0 Å². The van der Waals surface area contributed by atoms with Crippen molar-refractivity contribution in [1.29, 1.82) is 0 Å². The molecule has 1 N–H and O–H groups in total. The first-order chi connectivity index (χ1) is 12.2. The van der Waals surface area contributed by atoms with Crippen molar-refractivity contribution >= 4 is 5.97 Å². The normalized spacial score (nSPS) is 13.2. The Morgan fingerprint density at radius 2 is 1.60 bits per heavy atom. The van der Waals surface area contributed by atoms with E-state index in [4.69, 9.17) is 14.6 Å². The van der Waals surface area contributed by atoms with Gasteiger partial charge >= 0.3 is 5.97 Å². The van der Waals surface area contributed by atoms with Gasteiger partial charge in [0.05, 0.1) is 13.2 Å². The van der Waals surface area contributed by atoms with E-state index >= 15 is 0 Å². The topological polar surface area (TPSA) is 55.8 Å². The van der Waals surface area contributed by atoms with Gasteiger partial charge in [-0.2, -0.15) is 0 Å². The Bertz CT molecular complexity index is 385. The summed E-state index contributed by atoms with van der Waals surface area (Å²) < 4.78 is 10.3. The summed E-state index contributed by atoms with van der Waals surface area (Å²) in [4.78, 5) is 10.8. The Morgan fingerprint density at radius 1 is 0.960 bits per heavy atom. The highest BCUT2D eigenvalue weighted by molar-refractivity contribution is 5.66. The number of carbonyl (C=O) groups excluding carboxylic acids is 1. The van der Waals surface area contributed by atoms with Gasteiger partial charge in [-0.1, -0.05) is 56.2 Å². The molecule has 0 spiro atoms. The molecule has 0 rings (SSSR count). The van der Waals surface area contributed by atoms with Crippen LogP contribution < -0.4 is 0 Å². The lowest BCUT2D eigenvalue weighted by atomic mass is 10.1. The van der Waals surface area contributed by atoms with Crippen LogP contribution in [0.1, 0.15) is 65.2 Å². The van der Waals surface area contributed by atoms with Crippen LogP contribution in [0.15, 0.2) is 36.5 Å². The average Bonchev–Trinajstić information content (AvgIpc) is 2.60. The number of unbranched alkanes of at least 4 members (excludes halogenated alkanes) is 4. The Kier molecular flexibility index (Phi) is 17.9. The maximum atomic E-state index is 10.8. The zero-order chi connectivity index (χ0) is 18.6. The van der Waals surface area contributed by atoms with E-state index in [1.165, 1.54) is 19.8 Å². The summed E-state index contributed by atoms with van der Waals surface area (Å²) in [5, 5.41) is 9.03. The molecule has 1 atom stereocenters. The van der Waals surface area contributed by atoms with Crippen LogP contribution in [0.5, 0.6) is 0 Å². The summed E-state index contributed by atoms with van der Waals surface area (Å²) >= 11 is 0. The molecule has 0 aromatic rings. The van der Waals surface area contributed by atoms with Crippen LogP contribution in [0.25, 0.3) is 0 Å². The van der Waals surface area contributed by atoms with E-state index < -0.39 is 6.10 Å². The summed E-state index contributed by atoms with van der Waals surface area (Å²) in [7, 11) is 0. The summed E-state index contributed by atoms with van der Waals surface area (Å²) in [5.41, 5.74) is 0. The van der Waals surface area contributed by atoms with Crippen molar-refractivity contribution in [3.05, 3.63) is 36.5 Å². The van der Waals surface area contributed by atoms with Gasteiger partial charge in [0, 0.05) is 13.5 Å². The van der Waals surface area contributed by atoms with Gasteiger partial charge in [0.1, 0.15) is 6.10 Å². The van der Waals surface area contributed by atoms with E-state index in [1.807, 2.05) is 0 Å². The molecular weight excluding hydrogens is 316 g/mol. The predicted octanol–water partition coefficient (Wildman–Crippen LogP) is 4.74. The highest BCUT2D eigenvalue weighted by Gasteiger charge is 2.10. The van der Waals surface area contributed by atoms with Crippen molar-refractivity contribution in [3.8, 4) is 0 Å². The summed E-state index contributed by atoms with van der Waals surface area (Å²) in [5.74, 6) is -0.389. The van der Waals surface area contributed by atoms with Gasteiger partial charge in [0.25, 0.3) is 0 Å². The van der Waals surface area contributed by atoms with Crippen LogP contribution in [0.4, 0.5) is 0 Å². The average molecular weight is 353 g/mol. The zero-order valence-corrected chi connectivity index (χ0v) is 16.0. The second-order valence-electron chi connectivity index (χ2n) is 5.99. The lowest BCUT2D eigenvalue weighted by Crippen LogP contribution is -2.26. The maximum absolute atomic E-state index is 10.8. The lowest BCUT2D eigenvalue weighted by molar-refractivity contribution is -0.152. The molecule has 0 aromatic heterocycles. The monoisotopic (exact) mass is 352 g/mol. The summed E-state index contributed by atoms with van der Waals surface area (Å²) in [6, 6.07) is 0. The molecule has 0 amide bonds. The van der Waals surface area contributed by atoms with E-state index in [9.17, 15) is 4.79 Å². The molecule has 4 nitrogen and oxygen atoms in total. The van der Waals surface area contributed by atoms with Gasteiger partial charge < -0.3 is 14.6 Å². The first-order valence-corrected chi connectivity index (χ1v) is 9.51. The number of aliphatic hydroxyl groups excluding tert-OH is 1. The number of aliphatic hydroxyl groups is 1. The molecule has 0 aromatic carbocycles. The summed E-state index contributed by atoms with van der Waals surface area (Å²) in [6.07, 6.45) is 21.6. The molecule has 0 heterocycles. The molecule has 0 saturated carbocycles. The summed E-state index contributed by atoms with van der Waals surface area (Å²) in [6.45, 7) is 4.19. The van der Waals surface area contributed by atoms with Gasteiger partial charge in [-0.3, -0.25) is 4.79 Å². The van der Waals surface area contributed by atoms with Crippen LogP contribution in [-0.2, 0) is 14.3 Å². The molecule has 25 heavy (non-hydrogen) atoms. The SMILES string of the molecule is CC/C=C\C/C=C\C/C=C\CCCCCCOCC(CO)OC(C)=O. The van der Waals surface area contributed by atoms with Gasteiger partial charge in [0.2, 0.25) is 0 Å². The van der Waals surface area contributed by atoms with Crippen molar-refractivity contribution in [2.24, 2.45) is 0 Å². The number of esters is 1. The number of carbonyl (C=O) groups is 1. The third-order valence-electron chi connectivity index (χ3n) is 3.53. The molecule has 1 unspecified atom stereocenters. The predicted molar refractivity (Wildman–Crippen MR) is 103 cm³/mol. The minimum Gasteiger partial charge on any atom is -0.458 e. The van der Waals surface area contributed by atoms with E-state index in [0.717, 1.165) is 38.5 Å². The van der Waals surface area contributed by atoms with Crippen molar-refractivity contribution < 1.29 is 19.4 Å². The molecule has 0 bridgehead atoms. The van der Waals surface area contributed by atoms with Crippen molar-refractivity contribution in [3.63, 3.8) is 0 Å². The molecule has 0 aliphatic heterocycles. The standard InChI is InChI=1S/C21H36O4/c1-3-4-5-6-7-8-9-10-11-12-13-14-15-16-17-24-19-21(18-22)25-20(2)23/h4-5,7-8,10-11,21-22H,3,6,9,12-19H2,1-2H3/b5-4-,8-7-,11-10-. The van der Waals surface area contributed by atoms with Gasteiger partial charge in [-0.15, -0.1) is 0 Å².